The van der Waals surface area contributed by atoms with E-state index in [-0.39, 0.29) is 41.9 Å². The first-order valence-corrected chi connectivity index (χ1v) is 18.0. The van der Waals surface area contributed by atoms with Gasteiger partial charge in [0.05, 0.1) is 22.7 Å². The number of benzene rings is 4. The van der Waals surface area contributed by atoms with Crippen molar-refractivity contribution in [1.29, 1.82) is 0 Å². The number of anilines is 1. The van der Waals surface area contributed by atoms with Crippen molar-refractivity contribution in [2.45, 2.75) is 44.8 Å². The number of carbonyl (C=O) groups is 1. The summed E-state index contributed by atoms with van der Waals surface area (Å²) in [5.41, 5.74) is 5.02. The maximum absolute atomic E-state index is 14.0. The fourth-order valence-electron chi connectivity index (χ4n) is 5.71. The zero-order chi connectivity index (χ0) is 35.5. The lowest BCUT2D eigenvalue weighted by molar-refractivity contribution is -0.385. The van der Waals surface area contributed by atoms with Crippen LogP contribution in [0.25, 0.3) is 0 Å². The van der Waals surface area contributed by atoms with Crippen LogP contribution in [0.4, 0.5) is 11.4 Å². The van der Waals surface area contributed by atoms with Crippen LogP contribution < -0.4 is 14.9 Å². The number of nitro benzene ring substituents is 1. The highest BCUT2D eigenvalue weighted by molar-refractivity contribution is 7.89. The maximum Gasteiger partial charge on any atom is 0.270 e. The number of hydrogen-bond donors (Lipinski definition) is 1. The molecule has 0 bridgehead atoms. The lowest BCUT2D eigenvalue weighted by Crippen LogP contribution is -2.46. The number of non-ortho nitro benzene ring substituents is 1. The molecular formula is C37H41N5O7S. The molecule has 1 amide bonds. The molecule has 12 nitrogen and oxygen atoms in total. The van der Waals surface area contributed by atoms with Crippen LogP contribution in [-0.2, 0) is 28.0 Å². The fraction of sp³-hybridized carbons (Fsp3) is 0.297. The molecule has 1 fully saturated rings. The molecular weight excluding hydrogens is 659 g/mol. The van der Waals surface area contributed by atoms with Crippen LogP contribution in [0.5, 0.6) is 11.5 Å². The number of amides is 1. The minimum absolute atomic E-state index is 0.0100. The van der Waals surface area contributed by atoms with Crippen molar-refractivity contribution < 1.29 is 27.6 Å². The standard InChI is InChI=1S/C37H41N5O7S/c1-3-40(4-2)37(43)31-16-11-21-41(25-31)50(46,47)36-22-32(42(44)45)18-20-34(36)39-38-24-30-17-19-33(48-26-28-12-7-5-8-13-28)23-35(30)49-27-29-14-9-6-10-15-29/h5-10,12-15,17-20,22-24,31,39H,3-4,11,16,21,25-27H2,1-2H3/b38-24-/t31-/m0/s1. The van der Waals surface area contributed by atoms with Crippen LogP contribution in [0, 0.1) is 16.0 Å². The number of ether oxygens (including phenoxy) is 2. The average molecular weight is 700 g/mol. The molecule has 1 atom stereocenters. The van der Waals surface area contributed by atoms with E-state index in [1.165, 1.54) is 22.7 Å². The molecule has 0 aromatic heterocycles. The zero-order valence-corrected chi connectivity index (χ0v) is 28.9. The van der Waals surface area contributed by atoms with E-state index in [0.717, 1.165) is 17.2 Å². The number of hydrazone groups is 1. The van der Waals surface area contributed by atoms with Crippen molar-refractivity contribution in [1.82, 2.24) is 9.21 Å². The van der Waals surface area contributed by atoms with Crippen molar-refractivity contribution in [3.05, 3.63) is 124 Å². The van der Waals surface area contributed by atoms with Gasteiger partial charge in [-0.2, -0.15) is 9.41 Å². The average Bonchev–Trinajstić information content (AvgIpc) is 3.15. The van der Waals surface area contributed by atoms with E-state index >= 15 is 0 Å². The third-order valence-corrected chi connectivity index (χ3v) is 10.4. The number of nitrogens with zero attached hydrogens (tertiary/aromatic N) is 4. The van der Waals surface area contributed by atoms with Gasteiger partial charge in [0.15, 0.2) is 0 Å². The number of rotatable bonds is 15. The molecule has 1 aliphatic rings. The molecule has 50 heavy (non-hydrogen) atoms. The van der Waals surface area contributed by atoms with Crippen LogP contribution in [0.1, 0.15) is 43.4 Å². The van der Waals surface area contributed by atoms with E-state index in [9.17, 15) is 23.3 Å². The van der Waals surface area contributed by atoms with Crippen molar-refractivity contribution in [2.24, 2.45) is 11.0 Å². The molecule has 1 heterocycles. The first-order chi connectivity index (χ1) is 24.2. The van der Waals surface area contributed by atoms with Crippen molar-refractivity contribution >= 4 is 33.5 Å². The highest BCUT2D eigenvalue weighted by Crippen LogP contribution is 2.32. The van der Waals surface area contributed by atoms with Gasteiger partial charge in [-0.15, -0.1) is 0 Å². The van der Waals surface area contributed by atoms with Gasteiger partial charge >= 0.3 is 0 Å². The molecule has 1 saturated heterocycles. The van der Waals surface area contributed by atoms with Crippen LogP contribution in [0.3, 0.4) is 0 Å². The molecule has 0 spiro atoms. The van der Waals surface area contributed by atoms with Gasteiger partial charge in [0.1, 0.15) is 29.6 Å². The molecule has 5 rings (SSSR count). The Labute approximate surface area is 292 Å². The summed E-state index contributed by atoms with van der Waals surface area (Å²) in [5, 5.41) is 16.0. The second kappa shape index (κ2) is 16.9. The Balaban J connectivity index is 1.39. The van der Waals surface area contributed by atoms with Crippen LogP contribution in [0.15, 0.2) is 107 Å². The first-order valence-electron chi connectivity index (χ1n) is 16.5. The van der Waals surface area contributed by atoms with Gasteiger partial charge in [-0.25, -0.2) is 8.42 Å². The van der Waals surface area contributed by atoms with Crippen molar-refractivity contribution in [3.8, 4) is 11.5 Å². The lowest BCUT2D eigenvalue weighted by atomic mass is 9.98. The van der Waals surface area contributed by atoms with Crippen LogP contribution in [-0.4, -0.2) is 60.8 Å². The number of nitrogens with one attached hydrogen (secondary N) is 1. The van der Waals surface area contributed by atoms with E-state index in [1.54, 1.807) is 23.1 Å². The molecule has 1 aliphatic heterocycles. The predicted octanol–water partition coefficient (Wildman–Crippen LogP) is 6.47. The minimum atomic E-state index is -4.25. The molecule has 4 aromatic rings. The molecule has 262 valence electrons. The Morgan fingerprint density at radius 1 is 0.960 bits per heavy atom. The molecule has 0 saturated carbocycles. The van der Waals surface area contributed by atoms with Gasteiger partial charge in [0, 0.05) is 49.9 Å². The largest absolute Gasteiger partial charge is 0.489 e. The summed E-state index contributed by atoms with van der Waals surface area (Å²) in [6.07, 6.45) is 2.54. The fourth-order valence-corrected chi connectivity index (χ4v) is 7.39. The molecule has 13 heteroatoms. The summed E-state index contributed by atoms with van der Waals surface area (Å²) in [6, 6.07) is 28.3. The van der Waals surface area contributed by atoms with Crippen molar-refractivity contribution in [2.75, 3.05) is 31.6 Å². The Hall–Kier alpha value is -5.27. The summed E-state index contributed by atoms with van der Waals surface area (Å²) in [5.74, 6) is 0.475. The summed E-state index contributed by atoms with van der Waals surface area (Å²) in [6.45, 7) is 5.65. The second-order valence-electron chi connectivity index (χ2n) is 11.8. The summed E-state index contributed by atoms with van der Waals surface area (Å²) in [7, 11) is -4.25. The Morgan fingerprint density at radius 3 is 2.26 bits per heavy atom. The molecule has 0 aliphatic carbocycles. The Bertz CT molecular complexity index is 1900. The normalized spacial score (nSPS) is 15.0. The van der Waals surface area contributed by atoms with Gasteiger partial charge in [-0.1, -0.05) is 60.7 Å². The quantitative estimate of drug-likeness (QED) is 0.0845. The van der Waals surface area contributed by atoms with Crippen molar-refractivity contribution in [3.63, 3.8) is 0 Å². The molecule has 1 N–H and O–H groups in total. The van der Waals surface area contributed by atoms with Crippen LogP contribution in [0.2, 0.25) is 0 Å². The van der Waals surface area contributed by atoms with E-state index in [0.29, 0.717) is 49.6 Å². The minimum Gasteiger partial charge on any atom is -0.489 e. The smallest absolute Gasteiger partial charge is 0.270 e. The van der Waals surface area contributed by atoms with Gasteiger partial charge < -0.3 is 14.4 Å². The topological polar surface area (TPSA) is 144 Å². The monoisotopic (exact) mass is 699 g/mol. The van der Waals surface area contributed by atoms with Gasteiger partial charge in [0.2, 0.25) is 15.9 Å². The predicted molar refractivity (Wildman–Crippen MR) is 192 cm³/mol. The highest BCUT2D eigenvalue weighted by atomic mass is 32.2. The van der Waals surface area contributed by atoms with Crippen LogP contribution >= 0.6 is 0 Å². The zero-order valence-electron chi connectivity index (χ0n) is 28.1. The highest BCUT2D eigenvalue weighted by Gasteiger charge is 2.36. The molecule has 0 unspecified atom stereocenters. The third-order valence-electron chi connectivity index (χ3n) is 8.46. The molecule has 4 aromatic carbocycles. The third kappa shape index (κ3) is 9.04. The summed E-state index contributed by atoms with van der Waals surface area (Å²) >= 11 is 0. The van der Waals surface area contributed by atoms with E-state index in [1.807, 2.05) is 74.5 Å². The maximum atomic E-state index is 14.0. The Morgan fingerprint density at radius 2 is 1.62 bits per heavy atom. The summed E-state index contributed by atoms with van der Waals surface area (Å²) in [4.78, 5) is 25.5. The number of carbonyl (C=O) groups excluding carboxylic acids is 1. The summed E-state index contributed by atoms with van der Waals surface area (Å²) < 4.78 is 41.5. The van der Waals surface area contributed by atoms with E-state index in [4.69, 9.17) is 9.47 Å². The number of sulfonamides is 1. The SMILES string of the molecule is CCN(CC)C(=O)[C@H]1CCCN(S(=O)(=O)c2cc([N+](=O)[O-])ccc2N/N=C\c2ccc(OCc3ccccc3)cc2OCc2ccccc2)C1. The van der Waals surface area contributed by atoms with Gasteiger partial charge in [-0.3, -0.25) is 20.3 Å². The van der Waals surface area contributed by atoms with Gasteiger partial charge in [-0.05, 0) is 56.0 Å². The first kappa shape index (κ1) is 36.0. The number of hydrogen-bond acceptors (Lipinski definition) is 9. The van der Waals surface area contributed by atoms with E-state index in [2.05, 4.69) is 10.5 Å². The molecule has 0 radical (unpaired) electrons. The van der Waals surface area contributed by atoms with Gasteiger partial charge in [0.25, 0.3) is 5.69 Å². The number of piperidine rings is 1. The van der Waals surface area contributed by atoms with E-state index < -0.39 is 20.9 Å². The second-order valence-corrected chi connectivity index (χ2v) is 13.7. The number of nitro groups is 1. The Kier molecular flexibility index (Phi) is 12.2. The lowest BCUT2D eigenvalue weighted by Gasteiger charge is -2.34.